The van der Waals surface area contributed by atoms with Crippen molar-refractivity contribution in [1.29, 1.82) is 0 Å². The molecule has 222 valence electrons. The Morgan fingerprint density at radius 3 is 2.56 bits per heavy atom. The number of hydrogen-bond donors (Lipinski definition) is 1. The number of nitrogens with zero attached hydrogens (tertiary/aromatic N) is 5. The third kappa shape index (κ3) is 5.78. The molecule has 2 saturated heterocycles. The van der Waals surface area contributed by atoms with Gasteiger partial charge in [0.2, 0.25) is 11.8 Å². The molecule has 6 rings (SSSR count). The summed E-state index contributed by atoms with van der Waals surface area (Å²) in [5.41, 5.74) is 5.46. The maximum Gasteiger partial charge on any atom is 0.334 e. The van der Waals surface area contributed by atoms with E-state index in [0.717, 1.165) is 26.9 Å². The Morgan fingerprint density at radius 1 is 1.02 bits per heavy atom. The number of hydrogen-bond acceptors (Lipinski definition) is 7. The standard InChI is InChI=1S/C32H34N6O4S/c1-3-36-20-29(39)37-26(16-22-12-14-25(42-2)15-13-22)31(40)35(18-24-10-7-11-27-30(24)34-21-43-27)19-28(37)38(36)32(41)33-17-23-8-5-4-6-9-23/h4-15,21,26,28H,3,16-20H2,1-2H3,(H,33,41)/t26-,28-/m0/s1. The van der Waals surface area contributed by atoms with Crippen molar-refractivity contribution in [2.45, 2.75) is 38.6 Å². The molecule has 11 heteroatoms. The number of urea groups is 1. The molecule has 4 amide bonds. The van der Waals surface area contributed by atoms with E-state index in [2.05, 4.69) is 10.3 Å². The van der Waals surface area contributed by atoms with Gasteiger partial charge in [-0.05, 0) is 34.9 Å². The van der Waals surface area contributed by atoms with Crippen LogP contribution in [0.1, 0.15) is 23.6 Å². The zero-order valence-corrected chi connectivity index (χ0v) is 25.0. The third-order valence-electron chi connectivity index (χ3n) is 8.08. The number of fused-ring (bicyclic) bond motifs is 2. The van der Waals surface area contributed by atoms with Crippen molar-refractivity contribution in [3.05, 3.63) is 95.0 Å². The number of methoxy groups -OCH3 is 1. The van der Waals surface area contributed by atoms with E-state index >= 15 is 0 Å². The van der Waals surface area contributed by atoms with E-state index in [0.29, 0.717) is 31.8 Å². The van der Waals surface area contributed by atoms with E-state index in [1.54, 1.807) is 43.8 Å². The summed E-state index contributed by atoms with van der Waals surface area (Å²) in [6, 6.07) is 22.1. The summed E-state index contributed by atoms with van der Waals surface area (Å²) in [6.07, 6.45) is -0.360. The van der Waals surface area contributed by atoms with Crippen molar-refractivity contribution in [3.8, 4) is 5.75 Å². The molecule has 1 aromatic heterocycles. The lowest BCUT2D eigenvalue weighted by molar-refractivity contribution is -0.190. The zero-order valence-electron chi connectivity index (χ0n) is 24.2. The molecule has 3 aromatic carbocycles. The minimum absolute atomic E-state index is 0.0102. The lowest BCUT2D eigenvalue weighted by atomic mass is 9.98. The van der Waals surface area contributed by atoms with E-state index < -0.39 is 12.2 Å². The second-order valence-electron chi connectivity index (χ2n) is 10.7. The van der Waals surface area contributed by atoms with Crippen LogP contribution in [0.3, 0.4) is 0 Å². The van der Waals surface area contributed by atoms with E-state index in [-0.39, 0.29) is 30.9 Å². The Morgan fingerprint density at radius 2 is 1.81 bits per heavy atom. The number of nitrogens with one attached hydrogen (secondary N) is 1. The fourth-order valence-corrected chi connectivity index (χ4v) is 6.65. The average molecular weight is 599 g/mol. The molecule has 2 atom stereocenters. The number of ether oxygens (including phenoxy) is 1. The number of rotatable bonds is 8. The number of carbonyl (C=O) groups excluding carboxylic acids is 3. The van der Waals surface area contributed by atoms with Crippen molar-refractivity contribution in [1.82, 2.24) is 30.1 Å². The van der Waals surface area contributed by atoms with Gasteiger partial charge in [-0.25, -0.2) is 19.8 Å². The van der Waals surface area contributed by atoms with Crippen LogP contribution in [0.5, 0.6) is 5.75 Å². The number of thiazole rings is 1. The molecule has 2 aliphatic heterocycles. The number of hydrazine groups is 1. The molecule has 0 saturated carbocycles. The first-order chi connectivity index (χ1) is 21.0. The predicted molar refractivity (Wildman–Crippen MR) is 164 cm³/mol. The van der Waals surface area contributed by atoms with Crippen molar-refractivity contribution in [3.63, 3.8) is 0 Å². The van der Waals surface area contributed by atoms with Crippen LogP contribution >= 0.6 is 11.3 Å². The van der Waals surface area contributed by atoms with Crippen molar-refractivity contribution >= 4 is 39.4 Å². The quantitative estimate of drug-likeness (QED) is 0.331. The van der Waals surface area contributed by atoms with Gasteiger partial charge in [0.1, 0.15) is 18.0 Å². The zero-order chi connectivity index (χ0) is 29.9. The number of amides is 4. The van der Waals surface area contributed by atoms with Crippen molar-refractivity contribution in [2.75, 3.05) is 26.7 Å². The van der Waals surface area contributed by atoms with Gasteiger partial charge in [-0.15, -0.1) is 11.3 Å². The second-order valence-corrected chi connectivity index (χ2v) is 11.5. The number of piperazine rings is 1. The molecule has 2 aliphatic rings. The van der Waals surface area contributed by atoms with E-state index in [1.807, 2.05) is 79.7 Å². The van der Waals surface area contributed by atoms with Gasteiger partial charge in [-0.3, -0.25) is 9.59 Å². The molecule has 4 aromatic rings. The van der Waals surface area contributed by atoms with Gasteiger partial charge in [0.05, 0.1) is 35.9 Å². The van der Waals surface area contributed by atoms with Gasteiger partial charge >= 0.3 is 6.03 Å². The Labute approximate surface area is 254 Å². The second kappa shape index (κ2) is 12.4. The molecular weight excluding hydrogens is 564 g/mol. The summed E-state index contributed by atoms with van der Waals surface area (Å²) >= 11 is 1.55. The SMILES string of the molecule is CCN1CC(=O)N2[C@@H](Cc3ccc(OC)cc3)C(=O)N(Cc3cccc4scnc34)C[C@@H]2N1C(=O)NCc1ccccc1. The molecule has 0 radical (unpaired) electrons. The molecule has 0 aliphatic carbocycles. The highest BCUT2D eigenvalue weighted by atomic mass is 32.1. The predicted octanol–water partition coefficient (Wildman–Crippen LogP) is 3.88. The van der Waals surface area contributed by atoms with Crippen LogP contribution in [0, 0.1) is 0 Å². The molecular formula is C32H34N6O4S. The Kier molecular flexibility index (Phi) is 8.26. The van der Waals surface area contributed by atoms with Crippen LogP contribution in [-0.2, 0) is 29.1 Å². The number of benzene rings is 3. The first-order valence-electron chi connectivity index (χ1n) is 14.4. The monoisotopic (exact) mass is 598 g/mol. The van der Waals surface area contributed by atoms with Crippen LogP contribution in [0.2, 0.25) is 0 Å². The first-order valence-corrected chi connectivity index (χ1v) is 15.2. The van der Waals surface area contributed by atoms with E-state index in [4.69, 9.17) is 4.74 Å². The Hall–Kier alpha value is -4.48. The van der Waals surface area contributed by atoms with Crippen LogP contribution in [0.15, 0.2) is 78.3 Å². The minimum atomic E-state index is -0.780. The van der Waals surface area contributed by atoms with E-state index in [9.17, 15) is 14.4 Å². The normalized spacial score (nSPS) is 19.1. The van der Waals surface area contributed by atoms with Crippen LogP contribution < -0.4 is 10.1 Å². The van der Waals surface area contributed by atoms with Crippen molar-refractivity contribution in [2.24, 2.45) is 0 Å². The molecule has 1 N–H and O–H groups in total. The highest BCUT2D eigenvalue weighted by molar-refractivity contribution is 7.16. The minimum Gasteiger partial charge on any atom is -0.497 e. The molecule has 10 nitrogen and oxygen atoms in total. The maximum atomic E-state index is 14.2. The van der Waals surface area contributed by atoms with Crippen LogP contribution in [0.25, 0.3) is 10.2 Å². The number of carbonyl (C=O) groups is 3. The van der Waals surface area contributed by atoms with Gasteiger partial charge in [0, 0.05) is 26.1 Å². The van der Waals surface area contributed by atoms with Gasteiger partial charge in [-0.2, -0.15) is 0 Å². The molecule has 43 heavy (non-hydrogen) atoms. The number of aromatic nitrogens is 1. The average Bonchev–Trinajstić information content (AvgIpc) is 3.52. The summed E-state index contributed by atoms with van der Waals surface area (Å²) in [6.45, 7) is 3.24. The lowest BCUT2D eigenvalue weighted by Gasteiger charge is -2.55. The van der Waals surface area contributed by atoms with Gasteiger partial charge in [-0.1, -0.05) is 61.5 Å². The first kappa shape index (κ1) is 28.6. The highest BCUT2D eigenvalue weighted by Gasteiger charge is 2.51. The summed E-state index contributed by atoms with van der Waals surface area (Å²) in [7, 11) is 1.61. The third-order valence-corrected chi connectivity index (χ3v) is 8.88. The van der Waals surface area contributed by atoms with Crippen LogP contribution in [-0.4, -0.2) is 81.6 Å². The summed E-state index contributed by atoms with van der Waals surface area (Å²) in [4.78, 5) is 49.7. The van der Waals surface area contributed by atoms with Crippen molar-refractivity contribution < 1.29 is 19.1 Å². The van der Waals surface area contributed by atoms with Gasteiger partial charge < -0.3 is 19.9 Å². The number of para-hydroxylation sites is 1. The maximum absolute atomic E-state index is 14.2. The Bertz CT molecular complexity index is 1610. The lowest BCUT2D eigenvalue weighted by Crippen LogP contribution is -2.76. The molecule has 0 unspecified atom stereocenters. The fourth-order valence-electron chi connectivity index (χ4n) is 5.92. The number of likely N-dealkylation sites (N-methyl/N-ethyl adjacent to an activating group) is 1. The van der Waals surface area contributed by atoms with E-state index in [1.165, 1.54) is 0 Å². The molecule has 3 heterocycles. The fraction of sp³-hybridized carbons (Fsp3) is 0.312. The highest BCUT2D eigenvalue weighted by Crippen LogP contribution is 2.31. The van der Waals surface area contributed by atoms with Gasteiger partial charge in [0.25, 0.3) is 0 Å². The molecule has 0 bridgehead atoms. The molecule has 0 spiro atoms. The molecule has 2 fully saturated rings. The van der Waals surface area contributed by atoms with Gasteiger partial charge in [0.15, 0.2) is 0 Å². The summed E-state index contributed by atoms with van der Waals surface area (Å²) in [5.74, 6) is 0.387. The summed E-state index contributed by atoms with van der Waals surface area (Å²) < 4.78 is 6.36. The topological polar surface area (TPSA) is 98.3 Å². The smallest absolute Gasteiger partial charge is 0.334 e. The Balaban J connectivity index is 1.35. The van der Waals surface area contributed by atoms with Crippen LogP contribution in [0.4, 0.5) is 4.79 Å². The largest absolute Gasteiger partial charge is 0.497 e. The summed E-state index contributed by atoms with van der Waals surface area (Å²) in [5, 5.41) is 6.44.